The van der Waals surface area contributed by atoms with E-state index in [0.717, 1.165) is 55.4 Å². The van der Waals surface area contributed by atoms with Crippen molar-refractivity contribution in [1.29, 1.82) is 0 Å². The van der Waals surface area contributed by atoms with Crippen molar-refractivity contribution in [2.45, 2.75) is 33.1 Å². The number of hydrogen-bond donors (Lipinski definition) is 2. The number of rotatable bonds is 8. The van der Waals surface area contributed by atoms with Crippen LogP contribution in [0.4, 0.5) is 11.6 Å². The highest BCUT2D eigenvalue weighted by Crippen LogP contribution is 2.20. The van der Waals surface area contributed by atoms with Crippen LogP contribution in [0, 0.1) is 6.92 Å². The van der Waals surface area contributed by atoms with Crippen LogP contribution in [0.2, 0.25) is 0 Å². The molecule has 0 bridgehead atoms. The van der Waals surface area contributed by atoms with Gasteiger partial charge in [-0.3, -0.25) is 0 Å². The Morgan fingerprint density at radius 3 is 2.42 bits per heavy atom. The first-order chi connectivity index (χ1) is 9.08. The summed E-state index contributed by atoms with van der Waals surface area (Å²) in [4.78, 5) is 11.3. The summed E-state index contributed by atoms with van der Waals surface area (Å²) in [5.41, 5.74) is 1.09. The monoisotopic (exact) mass is 265 g/mol. The van der Waals surface area contributed by atoms with Gasteiger partial charge in [0.2, 0.25) is 0 Å². The van der Waals surface area contributed by atoms with E-state index in [4.69, 9.17) is 0 Å². The summed E-state index contributed by atoms with van der Waals surface area (Å²) < 4.78 is 0. The minimum Gasteiger partial charge on any atom is -0.373 e. The fraction of sp³-hybridized carbons (Fsp3) is 0.714. The molecular weight excluding hydrogens is 238 g/mol. The Hall–Kier alpha value is -1.36. The first-order valence-electron chi connectivity index (χ1n) is 7.02. The molecule has 1 aromatic heterocycles. The molecule has 0 saturated heterocycles. The Kier molecular flexibility index (Phi) is 6.56. The van der Waals surface area contributed by atoms with E-state index in [2.05, 4.69) is 53.4 Å². The number of anilines is 2. The van der Waals surface area contributed by atoms with Gasteiger partial charge in [0.15, 0.2) is 0 Å². The summed E-state index contributed by atoms with van der Waals surface area (Å²) in [6, 6.07) is 0. The zero-order chi connectivity index (χ0) is 14.3. The first-order valence-corrected chi connectivity index (χ1v) is 7.02. The molecule has 1 rings (SSSR count). The van der Waals surface area contributed by atoms with Gasteiger partial charge < -0.3 is 15.5 Å². The van der Waals surface area contributed by atoms with Crippen LogP contribution in [0.5, 0.6) is 0 Å². The van der Waals surface area contributed by atoms with Gasteiger partial charge in [0.25, 0.3) is 0 Å². The predicted molar refractivity (Wildman–Crippen MR) is 82.0 cm³/mol. The second-order valence-electron chi connectivity index (χ2n) is 5.05. The maximum atomic E-state index is 4.61. The zero-order valence-electron chi connectivity index (χ0n) is 12.9. The van der Waals surface area contributed by atoms with Crippen molar-refractivity contribution in [3.8, 4) is 0 Å². The Morgan fingerprint density at radius 1 is 1.16 bits per heavy atom. The highest BCUT2D eigenvalue weighted by Gasteiger charge is 2.09. The Balaban J connectivity index is 2.71. The lowest BCUT2D eigenvalue weighted by atomic mass is 10.2. The zero-order valence-corrected chi connectivity index (χ0v) is 12.9. The average Bonchev–Trinajstić information content (AvgIpc) is 2.37. The molecule has 0 saturated carbocycles. The van der Waals surface area contributed by atoms with Gasteiger partial charge in [-0.15, -0.1) is 0 Å². The minimum absolute atomic E-state index is 0.910. The average molecular weight is 265 g/mol. The second-order valence-corrected chi connectivity index (χ2v) is 5.05. The topological polar surface area (TPSA) is 53.1 Å². The van der Waals surface area contributed by atoms with Crippen molar-refractivity contribution in [2.24, 2.45) is 0 Å². The molecule has 19 heavy (non-hydrogen) atoms. The molecule has 0 aliphatic rings. The van der Waals surface area contributed by atoms with Crippen LogP contribution in [0.15, 0.2) is 0 Å². The van der Waals surface area contributed by atoms with Crippen molar-refractivity contribution in [3.05, 3.63) is 11.4 Å². The molecule has 0 atom stereocenters. The number of aromatic nitrogens is 2. The van der Waals surface area contributed by atoms with Crippen LogP contribution >= 0.6 is 0 Å². The fourth-order valence-corrected chi connectivity index (χ4v) is 1.92. The standard InChI is InChI=1S/C14H27N5/c1-6-8-12-17-13(15-3)11(2)14(18-12)16-9-7-10-19(4)5/h6-10H2,1-5H3,(H2,15,16,17,18). The maximum absolute atomic E-state index is 4.61. The van der Waals surface area contributed by atoms with E-state index in [-0.39, 0.29) is 0 Å². The van der Waals surface area contributed by atoms with Crippen molar-refractivity contribution >= 4 is 11.6 Å². The van der Waals surface area contributed by atoms with E-state index in [1.807, 2.05) is 7.05 Å². The Labute approximate surface area is 116 Å². The van der Waals surface area contributed by atoms with Gasteiger partial charge in [-0.05, 0) is 40.4 Å². The number of hydrogen-bond acceptors (Lipinski definition) is 5. The molecule has 0 aliphatic carbocycles. The van der Waals surface area contributed by atoms with Gasteiger partial charge in [0.1, 0.15) is 17.5 Å². The molecule has 0 unspecified atom stereocenters. The van der Waals surface area contributed by atoms with Gasteiger partial charge in [0.05, 0.1) is 0 Å². The van der Waals surface area contributed by atoms with Crippen molar-refractivity contribution in [3.63, 3.8) is 0 Å². The van der Waals surface area contributed by atoms with Gasteiger partial charge >= 0.3 is 0 Å². The first kappa shape index (κ1) is 15.7. The third-order valence-electron chi connectivity index (χ3n) is 2.98. The smallest absolute Gasteiger partial charge is 0.134 e. The molecule has 1 aromatic rings. The fourth-order valence-electron chi connectivity index (χ4n) is 1.92. The summed E-state index contributed by atoms with van der Waals surface area (Å²) in [6.07, 6.45) is 3.09. The molecule has 2 N–H and O–H groups in total. The van der Waals surface area contributed by atoms with Crippen LogP contribution in [-0.2, 0) is 6.42 Å². The SMILES string of the molecule is CCCc1nc(NC)c(C)c(NCCCN(C)C)n1. The van der Waals surface area contributed by atoms with E-state index in [1.165, 1.54) is 0 Å². The molecule has 1 heterocycles. The second kappa shape index (κ2) is 7.94. The van der Waals surface area contributed by atoms with E-state index < -0.39 is 0 Å². The summed E-state index contributed by atoms with van der Waals surface area (Å²) >= 11 is 0. The summed E-state index contributed by atoms with van der Waals surface area (Å²) in [6.45, 7) is 6.21. The number of aryl methyl sites for hydroxylation is 1. The highest BCUT2D eigenvalue weighted by atomic mass is 15.1. The van der Waals surface area contributed by atoms with Crippen molar-refractivity contribution in [2.75, 3.05) is 44.9 Å². The van der Waals surface area contributed by atoms with Gasteiger partial charge in [-0.1, -0.05) is 6.92 Å². The molecule has 0 aliphatic heterocycles. The molecule has 0 spiro atoms. The van der Waals surface area contributed by atoms with Crippen molar-refractivity contribution in [1.82, 2.24) is 14.9 Å². The van der Waals surface area contributed by atoms with Crippen LogP contribution in [0.3, 0.4) is 0 Å². The van der Waals surface area contributed by atoms with E-state index in [1.54, 1.807) is 0 Å². The highest BCUT2D eigenvalue weighted by molar-refractivity contribution is 5.56. The molecule has 0 aromatic carbocycles. The largest absolute Gasteiger partial charge is 0.373 e. The normalized spacial score (nSPS) is 10.8. The number of nitrogens with zero attached hydrogens (tertiary/aromatic N) is 3. The lowest BCUT2D eigenvalue weighted by Gasteiger charge is -2.14. The number of nitrogens with one attached hydrogen (secondary N) is 2. The van der Waals surface area contributed by atoms with Crippen LogP contribution in [0.1, 0.15) is 31.2 Å². The molecule has 5 nitrogen and oxygen atoms in total. The molecule has 0 amide bonds. The van der Waals surface area contributed by atoms with Gasteiger partial charge in [0, 0.05) is 25.6 Å². The van der Waals surface area contributed by atoms with E-state index in [9.17, 15) is 0 Å². The minimum atomic E-state index is 0.910. The molecule has 0 fully saturated rings. The van der Waals surface area contributed by atoms with Gasteiger partial charge in [-0.2, -0.15) is 0 Å². The Bertz CT molecular complexity index is 390. The van der Waals surface area contributed by atoms with E-state index in [0.29, 0.717) is 0 Å². The third kappa shape index (κ3) is 5.03. The summed E-state index contributed by atoms with van der Waals surface area (Å²) in [5.74, 6) is 2.79. The summed E-state index contributed by atoms with van der Waals surface area (Å²) in [5, 5.41) is 6.57. The van der Waals surface area contributed by atoms with Crippen LogP contribution in [-0.4, -0.2) is 49.1 Å². The maximum Gasteiger partial charge on any atom is 0.134 e. The van der Waals surface area contributed by atoms with Crippen molar-refractivity contribution < 1.29 is 0 Å². The van der Waals surface area contributed by atoms with Crippen LogP contribution in [0.25, 0.3) is 0 Å². The summed E-state index contributed by atoms with van der Waals surface area (Å²) in [7, 11) is 6.09. The van der Waals surface area contributed by atoms with Gasteiger partial charge in [-0.25, -0.2) is 9.97 Å². The molecule has 108 valence electrons. The van der Waals surface area contributed by atoms with Crippen LogP contribution < -0.4 is 10.6 Å². The lowest BCUT2D eigenvalue weighted by Crippen LogP contribution is -2.17. The van der Waals surface area contributed by atoms with E-state index >= 15 is 0 Å². The quantitative estimate of drug-likeness (QED) is 0.705. The predicted octanol–water partition coefficient (Wildman–Crippen LogP) is 2.14. The lowest BCUT2D eigenvalue weighted by molar-refractivity contribution is 0.405. The molecular formula is C14H27N5. The molecule has 5 heteroatoms. The Morgan fingerprint density at radius 2 is 1.84 bits per heavy atom. The molecule has 0 radical (unpaired) electrons. The third-order valence-corrected chi connectivity index (χ3v) is 2.98.